The molecule has 82 valence electrons. The van der Waals surface area contributed by atoms with E-state index in [1.807, 2.05) is 0 Å². The van der Waals surface area contributed by atoms with Crippen LogP contribution in [-0.2, 0) is 0 Å². The zero-order valence-electron chi connectivity index (χ0n) is 9.04. The lowest BCUT2D eigenvalue weighted by molar-refractivity contribution is 0.0213. The predicted molar refractivity (Wildman–Crippen MR) is 58.2 cm³/mol. The molecule has 2 nitrogen and oxygen atoms in total. The number of hydrogen-bond donors (Lipinski definition) is 2. The summed E-state index contributed by atoms with van der Waals surface area (Å²) in [4.78, 5) is 0. The van der Waals surface area contributed by atoms with Crippen LogP contribution in [0.2, 0.25) is 0 Å². The molecule has 0 radical (unpaired) electrons. The fourth-order valence-electron chi connectivity index (χ4n) is 3.05. The predicted octanol–water partition coefficient (Wildman–Crippen LogP) is 1.93. The molecule has 1 atom stereocenters. The van der Waals surface area contributed by atoms with Gasteiger partial charge in [-0.15, -0.1) is 0 Å². The van der Waals surface area contributed by atoms with Gasteiger partial charge in [0.25, 0.3) is 0 Å². The van der Waals surface area contributed by atoms with Gasteiger partial charge in [-0.1, -0.05) is 19.3 Å². The third kappa shape index (κ3) is 2.48. The Hall–Kier alpha value is -0.0800. The molecule has 1 saturated heterocycles. The first kappa shape index (κ1) is 10.4. The van der Waals surface area contributed by atoms with Gasteiger partial charge in [-0.05, 0) is 50.6 Å². The van der Waals surface area contributed by atoms with Crippen molar-refractivity contribution in [2.24, 2.45) is 11.8 Å². The second-order valence-electron chi connectivity index (χ2n) is 4.98. The van der Waals surface area contributed by atoms with Crippen LogP contribution in [0.1, 0.15) is 44.9 Å². The maximum atomic E-state index is 10.3. The van der Waals surface area contributed by atoms with Crippen LogP contribution in [0.25, 0.3) is 0 Å². The van der Waals surface area contributed by atoms with E-state index in [4.69, 9.17) is 0 Å². The molecule has 0 aromatic carbocycles. The topological polar surface area (TPSA) is 32.3 Å². The van der Waals surface area contributed by atoms with E-state index in [-0.39, 0.29) is 6.10 Å². The van der Waals surface area contributed by atoms with E-state index in [2.05, 4.69) is 5.32 Å². The molecule has 1 heterocycles. The Kier molecular flexibility index (Phi) is 3.82. The van der Waals surface area contributed by atoms with Gasteiger partial charge in [-0.2, -0.15) is 0 Å². The molecule has 0 amide bonds. The van der Waals surface area contributed by atoms with Crippen LogP contribution in [0, 0.1) is 11.8 Å². The minimum Gasteiger partial charge on any atom is -0.393 e. The highest BCUT2D eigenvalue weighted by molar-refractivity contribution is 4.82. The van der Waals surface area contributed by atoms with E-state index in [1.54, 1.807) is 0 Å². The third-order valence-corrected chi connectivity index (χ3v) is 4.00. The molecule has 1 aliphatic carbocycles. The highest BCUT2D eigenvalue weighted by Crippen LogP contribution is 2.32. The van der Waals surface area contributed by atoms with E-state index >= 15 is 0 Å². The van der Waals surface area contributed by atoms with Crippen LogP contribution in [0.3, 0.4) is 0 Å². The Balaban J connectivity index is 1.82. The Bertz CT molecular complexity index is 142. The smallest absolute Gasteiger partial charge is 0.0597 e. The van der Waals surface area contributed by atoms with Gasteiger partial charge in [0, 0.05) is 0 Å². The summed E-state index contributed by atoms with van der Waals surface area (Å²) in [5.41, 5.74) is 0. The van der Waals surface area contributed by atoms with Crippen LogP contribution in [0.15, 0.2) is 0 Å². The fourth-order valence-corrected chi connectivity index (χ4v) is 3.05. The Morgan fingerprint density at radius 1 is 0.857 bits per heavy atom. The summed E-state index contributed by atoms with van der Waals surface area (Å²) in [6, 6.07) is 0. The number of rotatable bonds is 2. The van der Waals surface area contributed by atoms with Crippen molar-refractivity contribution in [2.45, 2.75) is 51.0 Å². The summed E-state index contributed by atoms with van der Waals surface area (Å²) >= 11 is 0. The van der Waals surface area contributed by atoms with E-state index < -0.39 is 0 Å². The van der Waals surface area contributed by atoms with Crippen molar-refractivity contribution in [1.29, 1.82) is 0 Å². The van der Waals surface area contributed by atoms with Crippen molar-refractivity contribution < 1.29 is 5.11 Å². The Morgan fingerprint density at radius 2 is 1.43 bits per heavy atom. The summed E-state index contributed by atoms with van der Waals surface area (Å²) in [5, 5.41) is 13.6. The minimum atomic E-state index is -0.00241. The van der Waals surface area contributed by atoms with Crippen molar-refractivity contribution >= 4 is 0 Å². The Morgan fingerprint density at radius 3 is 2.07 bits per heavy atom. The second-order valence-corrected chi connectivity index (χ2v) is 4.98. The molecule has 0 unspecified atom stereocenters. The number of aliphatic hydroxyl groups is 1. The first-order valence-electron chi connectivity index (χ1n) is 6.26. The van der Waals surface area contributed by atoms with Gasteiger partial charge >= 0.3 is 0 Å². The third-order valence-electron chi connectivity index (χ3n) is 4.00. The molecule has 2 heteroatoms. The molecule has 0 aromatic heterocycles. The summed E-state index contributed by atoms with van der Waals surface area (Å²) in [5.74, 6) is 1.20. The minimum absolute atomic E-state index is 0.00241. The first-order chi connectivity index (χ1) is 6.88. The Labute approximate surface area is 87.1 Å². The van der Waals surface area contributed by atoms with Crippen LogP contribution in [0.4, 0.5) is 0 Å². The summed E-state index contributed by atoms with van der Waals surface area (Å²) < 4.78 is 0. The standard InChI is InChI=1S/C12H23NO/c14-12(10-4-2-1-3-5-10)11-6-8-13-9-7-11/h10-14H,1-9H2/t12-/m1/s1. The molecule has 1 saturated carbocycles. The van der Waals surface area contributed by atoms with E-state index in [1.165, 1.54) is 44.9 Å². The molecule has 2 rings (SSSR count). The van der Waals surface area contributed by atoms with Crippen molar-refractivity contribution in [1.82, 2.24) is 5.32 Å². The SMILES string of the molecule is O[C@H](C1CCCCC1)C1CCNCC1. The van der Waals surface area contributed by atoms with Crippen LogP contribution in [-0.4, -0.2) is 24.3 Å². The number of aliphatic hydroxyl groups excluding tert-OH is 1. The summed E-state index contributed by atoms with van der Waals surface area (Å²) in [6.45, 7) is 2.21. The molecule has 14 heavy (non-hydrogen) atoms. The van der Waals surface area contributed by atoms with Gasteiger partial charge in [0.2, 0.25) is 0 Å². The van der Waals surface area contributed by atoms with Crippen molar-refractivity contribution in [3.8, 4) is 0 Å². The van der Waals surface area contributed by atoms with E-state index in [0.29, 0.717) is 11.8 Å². The van der Waals surface area contributed by atoms with Crippen molar-refractivity contribution in [3.63, 3.8) is 0 Å². The fraction of sp³-hybridized carbons (Fsp3) is 1.00. The summed E-state index contributed by atoms with van der Waals surface area (Å²) in [6.07, 6.45) is 8.96. The maximum absolute atomic E-state index is 10.3. The number of piperidine rings is 1. The van der Waals surface area contributed by atoms with E-state index in [0.717, 1.165) is 13.1 Å². The molecule has 2 N–H and O–H groups in total. The van der Waals surface area contributed by atoms with Crippen LogP contribution in [0.5, 0.6) is 0 Å². The molecule has 1 aliphatic heterocycles. The zero-order valence-corrected chi connectivity index (χ0v) is 9.04. The van der Waals surface area contributed by atoms with Gasteiger partial charge in [-0.25, -0.2) is 0 Å². The van der Waals surface area contributed by atoms with Crippen molar-refractivity contribution in [3.05, 3.63) is 0 Å². The molecular formula is C12H23NO. The van der Waals surface area contributed by atoms with Crippen molar-refractivity contribution in [2.75, 3.05) is 13.1 Å². The lowest BCUT2D eigenvalue weighted by atomic mass is 9.78. The van der Waals surface area contributed by atoms with Gasteiger partial charge in [0.05, 0.1) is 6.10 Å². The van der Waals surface area contributed by atoms with Gasteiger partial charge in [0.15, 0.2) is 0 Å². The molecule has 0 bridgehead atoms. The normalized spacial score (nSPS) is 28.9. The van der Waals surface area contributed by atoms with Gasteiger partial charge < -0.3 is 10.4 Å². The molecule has 2 aliphatic rings. The second kappa shape index (κ2) is 5.13. The lowest BCUT2D eigenvalue weighted by Gasteiger charge is -2.34. The highest BCUT2D eigenvalue weighted by Gasteiger charge is 2.29. The first-order valence-corrected chi connectivity index (χ1v) is 6.26. The average Bonchev–Trinajstić information content (AvgIpc) is 2.30. The van der Waals surface area contributed by atoms with Gasteiger partial charge in [0.1, 0.15) is 0 Å². The molecule has 0 spiro atoms. The van der Waals surface area contributed by atoms with Gasteiger partial charge in [-0.3, -0.25) is 0 Å². The van der Waals surface area contributed by atoms with Crippen LogP contribution >= 0.6 is 0 Å². The average molecular weight is 197 g/mol. The molecular weight excluding hydrogens is 174 g/mol. The maximum Gasteiger partial charge on any atom is 0.0597 e. The van der Waals surface area contributed by atoms with E-state index in [9.17, 15) is 5.11 Å². The molecule has 0 aromatic rings. The largest absolute Gasteiger partial charge is 0.393 e. The zero-order chi connectivity index (χ0) is 9.80. The number of hydrogen-bond acceptors (Lipinski definition) is 2. The van der Waals surface area contributed by atoms with Crippen LogP contribution < -0.4 is 5.32 Å². The summed E-state index contributed by atoms with van der Waals surface area (Å²) in [7, 11) is 0. The lowest BCUT2D eigenvalue weighted by Crippen LogP contribution is -2.38. The number of nitrogens with one attached hydrogen (secondary N) is 1. The quantitative estimate of drug-likeness (QED) is 0.709. The molecule has 2 fully saturated rings. The highest BCUT2D eigenvalue weighted by atomic mass is 16.3. The monoisotopic (exact) mass is 197 g/mol.